The van der Waals surface area contributed by atoms with Gasteiger partial charge < -0.3 is 10.1 Å². The van der Waals surface area contributed by atoms with Gasteiger partial charge >= 0.3 is 5.97 Å². The number of carbonyl (C=O) groups excluding carboxylic acids is 2. The maximum Gasteiger partial charge on any atom is 0.311 e. The Morgan fingerprint density at radius 3 is 2.38 bits per heavy atom. The lowest BCUT2D eigenvalue weighted by molar-refractivity contribution is -0.159. The third kappa shape index (κ3) is 1.99. The van der Waals surface area contributed by atoms with Crippen molar-refractivity contribution < 1.29 is 14.3 Å². The van der Waals surface area contributed by atoms with Gasteiger partial charge in [-0.05, 0) is 19.8 Å². The van der Waals surface area contributed by atoms with Crippen molar-refractivity contribution in [2.24, 2.45) is 5.41 Å². The highest BCUT2D eigenvalue weighted by Crippen LogP contribution is 2.41. The molecule has 0 unspecified atom stereocenters. The van der Waals surface area contributed by atoms with Gasteiger partial charge in [-0.3, -0.25) is 9.59 Å². The van der Waals surface area contributed by atoms with E-state index in [0.29, 0.717) is 12.8 Å². The van der Waals surface area contributed by atoms with E-state index in [1.807, 2.05) is 6.92 Å². The molecule has 0 aromatic rings. The molecule has 0 heterocycles. The van der Waals surface area contributed by atoms with Gasteiger partial charge in [-0.25, -0.2) is 0 Å². The Balaban J connectivity index is 2.38. The zero-order valence-corrected chi connectivity index (χ0v) is 8.22. The molecule has 4 heteroatoms. The van der Waals surface area contributed by atoms with Gasteiger partial charge in [0.1, 0.15) is 0 Å². The minimum absolute atomic E-state index is 0.0445. The molecule has 0 saturated heterocycles. The average Bonchev–Trinajstić information content (AvgIpc) is 1.99. The van der Waals surface area contributed by atoms with Crippen LogP contribution in [-0.2, 0) is 14.3 Å². The lowest BCUT2D eigenvalue weighted by Gasteiger charge is -2.42. The van der Waals surface area contributed by atoms with Crippen LogP contribution in [0.5, 0.6) is 0 Å². The SMILES string of the molecule is COC(=O)C1(C)CC(NC(C)=O)C1. The van der Waals surface area contributed by atoms with E-state index in [1.165, 1.54) is 14.0 Å². The second kappa shape index (κ2) is 3.36. The summed E-state index contributed by atoms with van der Waals surface area (Å²) in [4.78, 5) is 21.9. The highest BCUT2D eigenvalue weighted by Gasteiger charge is 2.47. The lowest BCUT2D eigenvalue weighted by atomic mass is 9.67. The van der Waals surface area contributed by atoms with Crippen LogP contribution in [0.3, 0.4) is 0 Å². The molecule has 1 N–H and O–H groups in total. The van der Waals surface area contributed by atoms with Crippen LogP contribution in [0, 0.1) is 5.41 Å². The standard InChI is InChI=1S/C9H15NO3/c1-6(11)10-7-4-9(2,5-7)8(12)13-3/h7H,4-5H2,1-3H3,(H,10,11). The van der Waals surface area contributed by atoms with Gasteiger partial charge in [0, 0.05) is 13.0 Å². The fourth-order valence-electron chi connectivity index (χ4n) is 1.83. The van der Waals surface area contributed by atoms with Gasteiger partial charge in [-0.2, -0.15) is 0 Å². The van der Waals surface area contributed by atoms with Crippen LogP contribution in [-0.4, -0.2) is 25.0 Å². The van der Waals surface area contributed by atoms with Crippen molar-refractivity contribution in [1.29, 1.82) is 0 Å². The van der Waals surface area contributed by atoms with Crippen molar-refractivity contribution >= 4 is 11.9 Å². The van der Waals surface area contributed by atoms with E-state index in [4.69, 9.17) is 0 Å². The van der Waals surface area contributed by atoms with Crippen LogP contribution in [0.25, 0.3) is 0 Å². The van der Waals surface area contributed by atoms with Crippen molar-refractivity contribution in [1.82, 2.24) is 5.32 Å². The first kappa shape index (κ1) is 10.0. The first-order chi connectivity index (χ1) is 5.98. The Kier molecular flexibility index (Phi) is 2.59. The largest absolute Gasteiger partial charge is 0.469 e. The fraction of sp³-hybridized carbons (Fsp3) is 0.778. The molecule has 74 valence electrons. The van der Waals surface area contributed by atoms with Gasteiger partial charge in [0.05, 0.1) is 12.5 Å². The minimum Gasteiger partial charge on any atom is -0.469 e. The second-order valence-electron chi connectivity index (χ2n) is 3.86. The van der Waals surface area contributed by atoms with E-state index in [2.05, 4.69) is 10.1 Å². The molecule has 0 aromatic heterocycles. The van der Waals surface area contributed by atoms with Crippen molar-refractivity contribution in [3.8, 4) is 0 Å². The van der Waals surface area contributed by atoms with Crippen molar-refractivity contribution in [3.05, 3.63) is 0 Å². The molecule has 1 amide bonds. The first-order valence-electron chi connectivity index (χ1n) is 4.33. The number of hydrogen-bond acceptors (Lipinski definition) is 3. The van der Waals surface area contributed by atoms with E-state index in [0.717, 1.165) is 0 Å². The molecule has 0 spiro atoms. The summed E-state index contributed by atoms with van der Waals surface area (Å²) >= 11 is 0. The lowest BCUT2D eigenvalue weighted by Crippen LogP contribution is -2.52. The third-order valence-corrected chi connectivity index (χ3v) is 2.48. The van der Waals surface area contributed by atoms with Crippen molar-refractivity contribution in [3.63, 3.8) is 0 Å². The predicted octanol–water partition coefficient (Wildman–Crippen LogP) is 0.464. The molecule has 0 atom stereocenters. The highest BCUT2D eigenvalue weighted by atomic mass is 16.5. The van der Waals surface area contributed by atoms with Crippen LogP contribution < -0.4 is 5.32 Å². The normalized spacial score (nSPS) is 31.8. The molecule has 1 fully saturated rings. The molecule has 1 aliphatic carbocycles. The molecule has 1 rings (SSSR count). The predicted molar refractivity (Wildman–Crippen MR) is 47.0 cm³/mol. The van der Waals surface area contributed by atoms with E-state index < -0.39 is 0 Å². The number of nitrogens with one attached hydrogen (secondary N) is 1. The summed E-state index contributed by atoms with van der Waals surface area (Å²) in [5, 5.41) is 2.77. The van der Waals surface area contributed by atoms with Gasteiger partial charge in [-0.15, -0.1) is 0 Å². The number of hydrogen-bond donors (Lipinski definition) is 1. The average molecular weight is 185 g/mol. The zero-order valence-electron chi connectivity index (χ0n) is 8.22. The minimum atomic E-state index is -0.387. The Labute approximate surface area is 77.6 Å². The second-order valence-corrected chi connectivity index (χ2v) is 3.86. The number of ether oxygens (including phenoxy) is 1. The summed E-state index contributed by atoms with van der Waals surface area (Å²) in [5.74, 6) is -0.231. The molecular formula is C9H15NO3. The topological polar surface area (TPSA) is 55.4 Å². The molecule has 0 aromatic carbocycles. The summed E-state index contributed by atoms with van der Waals surface area (Å²) in [6, 6.07) is 0.140. The Hall–Kier alpha value is -1.06. The summed E-state index contributed by atoms with van der Waals surface area (Å²) < 4.78 is 4.66. The number of carbonyl (C=O) groups is 2. The van der Waals surface area contributed by atoms with Crippen molar-refractivity contribution in [2.75, 3.05) is 7.11 Å². The smallest absolute Gasteiger partial charge is 0.311 e. The van der Waals surface area contributed by atoms with Crippen LogP contribution in [0.1, 0.15) is 26.7 Å². The summed E-state index contributed by atoms with van der Waals surface area (Å²) in [6.07, 6.45) is 1.36. The molecule has 0 radical (unpaired) electrons. The summed E-state index contributed by atoms with van der Waals surface area (Å²) in [5.41, 5.74) is -0.387. The molecule has 1 saturated carbocycles. The summed E-state index contributed by atoms with van der Waals surface area (Å²) in [6.45, 7) is 3.34. The summed E-state index contributed by atoms with van der Waals surface area (Å²) in [7, 11) is 1.39. The molecule has 4 nitrogen and oxygen atoms in total. The van der Waals surface area contributed by atoms with Gasteiger partial charge in [0.25, 0.3) is 0 Å². The van der Waals surface area contributed by atoms with Gasteiger partial charge in [-0.1, -0.05) is 0 Å². The molecule has 1 aliphatic rings. The van der Waals surface area contributed by atoms with Crippen molar-refractivity contribution in [2.45, 2.75) is 32.7 Å². The van der Waals surface area contributed by atoms with E-state index in [-0.39, 0.29) is 23.3 Å². The van der Waals surface area contributed by atoms with E-state index in [9.17, 15) is 9.59 Å². The maximum absolute atomic E-state index is 11.2. The Bertz CT molecular complexity index is 231. The van der Waals surface area contributed by atoms with Crippen LogP contribution in [0.15, 0.2) is 0 Å². The molecule has 0 bridgehead atoms. The molecular weight excluding hydrogens is 170 g/mol. The maximum atomic E-state index is 11.2. The van der Waals surface area contributed by atoms with Crippen LogP contribution in [0.4, 0.5) is 0 Å². The quantitative estimate of drug-likeness (QED) is 0.636. The fourth-order valence-corrected chi connectivity index (χ4v) is 1.83. The third-order valence-electron chi connectivity index (χ3n) is 2.48. The van der Waals surface area contributed by atoms with Gasteiger partial charge in [0.2, 0.25) is 5.91 Å². The van der Waals surface area contributed by atoms with Gasteiger partial charge in [0.15, 0.2) is 0 Å². The Morgan fingerprint density at radius 1 is 1.46 bits per heavy atom. The van der Waals surface area contributed by atoms with E-state index in [1.54, 1.807) is 0 Å². The number of rotatable bonds is 2. The Morgan fingerprint density at radius 2 is 2.00 bits per heavy atom. The van der Waals surface area contributed by atoms with E-state index >= 15 is 0 Å². The highest BCUT2D eigenvalue weighted by molar-refractivity contribution is 5.79. The monoisotopic (exact) mass is 185 g/mol. The van der Waals surface area contributed by atoms with Crippen LogP contribution in [0.2, 0.25) is 0 Å². The number of amides is 1. The van der Waals surface area contributed by atoms with Crippen LogP contribution >= 0.6 is 0 Å². The first-order valence-corrected chi connectivity index (χ1v) is 4.33. The number of methoxy groups -OCH3 is 1. The molecule has 13 heavy (non-hydrogen) atoms. The molecule has 0 aliphatic heterocycles. The number of esters is 1. The zero-order chi connectivity index (χ0) is 10.1.